The molecule has 1 aromatic heterocycles. The zero-order chi connectivity index (χ0) is 12.6. The van der Waals surface area contributed by atoms with Crippen molar-refractivity contribution in [2.75, 3.05) is 12.8 Å². The number of nitrogens with zero attached hydrogens (tertiary/aromatic N) is 2. The maximum atomic E-state index is 13.2. The average Bonchev–Trinajstić information content (AvgIpc) is 2.56. The smallest absolute Gasteiger partial charge is 0.201 e. The van der Waals surface area contributed by atoms with Crippen molar-refractivity contribution in [1.82, 2.24) is 9.55 Å². The molecule has 5 heteroatoms. The van der Waals surface area contributed by atoms with Crippen molar-refractivity contribution in [3.05, 3.63) is 24.0 Å². The van der Waals surface area contributed by atoms with E-state index >= 15 is 0 Å². The molecule has 0 fully saturated rings. The summed E-state index contributed by atoms with van der Waals surface area (Å²) < 4.78 is 20.3. The Kier molecular flexibility index (Phi) is 2.79. The molecule has 92 valence electrons. The van der Waals surface area contributed by atoms with E-state index in [1.165, 1.54) is 12.1 Å². The standard InChI is InChI=1S/C12H16FN3O/c1-12(2,17-3)7-16-10-6-8(13)4-5-9(10)15-11(16)14/h4-6H,7H2,1-3H3,(H2,14,15). The summed E-state index contributed by atoms with van der Waals surface area (Å²) in [6.07, 6.45) is 0. The van der Waals surface area contributed by atoms with Crippen LogP contribution in [-0.4, -0.2) is 22.3 Å². The highest BCUT2D eigenvalue weighted by Gasteiger charge is 2.20. The molecule has 0 unspecified atom stereocenters. The molecule has 2 N–H and O–H groups in total. The van der Waals surface area contributed by atoms with Crippen LogP contribution in [0.15, 0.2) is 18.2 Å². The van der Waals surface area contributed by atoms with Crippen LogP contribution in [0.3, 0.4) is 0 Å². The van der Waals surface area contributed by atoms with Gasteiger partial charge < -0.3 is 15.0 Å². The molecule has 17 heavy (non-hydrogen) atoms. The second-order valence-corrected chi connectivity index (χ2v) is 4.65. The van der Waals surface area contributed by atoms with E-state index in [0.717, 1.165) is 0 Å². The number of anilines is 1. The Morgan fingerprint density at radius 1 is 1.47 bits per heavy atom. The van der Waals surface area contributed by atoms with Crippen LogP contribution in [-0.2, 0) is 11.3 Å². The lowest BCUT2D eigenvalue weighted by Crippen LogP contribution is -2.29. The van der Waals surface area contributed by atoms with E-state index in [1.807, 2.05) is 13.8 Å². The Bertz CT molecular complexity index is 548. The summed E-state index contributed by atoms with van der Waals surface area (Å²) in [5.41, 5.74) is 6.84. The highest BCUT2D eigenvalue weighted by Crippen LogP contribution is 2.22. The number of halogens is 1. The fourth-order valence-electron chi connectivity index (χ4n) is 1.73. The first-order valence-electron chi connectivity index (χ1n) is 5.39. The number of ether oxygens (including phenoxy) is 1. The zero-order valence-corrected chi connectivity index (χ0v) is 10.2. The molecule has 1 aromatic carbocycles. The lowest BCUT2D eigenvalue weighted by Gasteiger charge is -2.24. The van der Waals surface area contributed by atoms with Crippen LogP contribution in [0.4, 0.5) is 10.3 Å². The number of hydrogen-bond donors (Lipinski definition) is 1. The lowest BCUT2D eigenvalue weighted by atomic mass is 10.1. The van der Waals surface area contributed by atoms with Crippen molar-refractivity contribution in [1.29, 1.82) is 0 Å². The number of rotatable bonds is 3. The number of benzene rings is 1. The van der Waals surface area contributed by atoms with Crippen molar-refractivity contribution < 1.29 is 9.13 Å². The maximum absolute atomic E-state index is 13.2. The average molecular weight is 237 g/mol. The number of nitrogens with two attached hydrogens (primary N) is 1. The Morgan fingerprint density at radius 2 is 2.18 bits per heavy atom. The summed E-state index contributed by atoms with van der Waals surface area (Å²) in [5.74, 6) is 0.0737. The quantitative estimate of drug-likeness (QED) is 0.890. The minimum Gasteiger partial charge on any atom is -0.377 e. The molecule has 0 saturated heterocycles. The summed E-state index contributed by atoms with van der Waals surface area (Å²) in [6, 6.07) is 4.43. The number of nitrogen functional groups attached to an aromatic ring is 1. The van der Waals surface area contributed by atoms with Gasteiger partial charge in [0.2, 0.25) is 5.95 Å². The lowest BCUT2D eigenvalue weighted by molar-refractivity contribution is 0.00946. The Labute approximate surface area is 99.2 Å². The van der Waals surface area contributed by atoms with Crippen LogP contribution in [0.25, 0.3) is 11.0 Å². The molecule has 0 amide bonds. The van der Waals surface area contributed by atoms with E-state index in [9.17, 15) is 4.39 Å². The molecule has 0 aliphatic heterocycles. The van der Waals surface area contributed by atoms with E-state index in [-0.39, 0.29) is 11.4 Å². The van der Waals surface area contributed by atoms with E-state index in [0.29, 0.717) is 23.5 Å². The molecule has 1 heterocycles. The maximum Gasteiger partial charge on any atom is 0.201 e. The highest BCUT2D eigenvalue weighted by atomic mass is 19.1. The van der Waals surface area contributed by atoms with Gasteiger partial charge in [-0.05, 0) is 32.0 Å². The molecule has 0 radical (unpaired) electrons. The summed E-state index contributed by atoms with van der Waals surface area (Å²) >= 11 is 0. The van der Waals surface area contributed by atoms with E-state index < -0.39 is 0 Å². The van der Waals surface area contributed by atoms with Crippen molar-refractivity contribution in [2.24, 2.45) is 0 Å². The van der Waals surface area contributed by atoms with Gasteiger partial charge in [-0.1, -0.05) is 0 Å². The molecule has 2 aromatic rings. The van der Waals surface area contributed by atoms with Gasteiger partial charge in [-0.3, -0.25) is 0 Å². The number of fused-ring (bicyclic) bond motifs is 1. The third-order valence-corrected chi connectivity index (χ3v) is 2.83. The molecule has 0 aliphatic rings. The van der Waals surface area contributed by atoms with Gasteiger partial charge in [-0.15, -0.1) is 0 Å². The highest BCUT2D eigenvalue weighted by molar-refractivity contribution is 5.78. The van der Waals surface area contributed by atoms with Gasteiger partial charge >= 0.3 is 0 Å². The van der Waals surface area contributed by atoms with E-state index in [2.05, 4.69) is 4.98 Å². The second kappa shape index (κ2) is 4.00. The molecule has 4 nitrogen and oxygen atoms in total. The summed E-state index contributed by atoms with van der Waals surface area (Å²) in [7, 11) is 1.63. The number of methoxy groups -OCH3 is 1. The fraction of sp³-hybridized carbons (Fsp3) is 0.417. The van der Waals surface area contributed by atoms with Crippen LogP contribution >= 0.6 is 0 Å². The van der Waals surface area contributed by atoms with Gasteiger partial charge in [0.25, 0.3) is 0 Å². The van der Waals surface area contributed by atoms with Gasteiger partial charge in [-0.25, -0.2) is 9.37 Å². The van der Waals surface area contributed by atoms with Crippen molar-refractivity contribution in [2.45, 2.75) is 26.0 Å². The topological polar surface area (TPSA) is 53.1 Å². The van der Waals surface area contributed by atoms with Crippen molar-refractivity contribution in [3.63, 3.8) is 0 Å². The van der Waals surface area contributed by atoms with Crippen LogP contribution in [0.2, 0.25) is 0 Å². The van der Waals surface area contributed by atoms with Gasteiger partial charge in [-0.2, -0.15) is 0 Å². The molecular weight excluding hydrogens is 221 g/mol. The van der Waals surface area contributed by atoms with Crippen LogP contribution < -0.4 is 5.73 Å². The first-order valence-corrected chi connectivity index (χ1v) is 5.39. The normalized spacial score (nSPS) is 12.2. The van der Waals surface area contributed by atoms with Crippen molar-refractivity contribution >= 4 is 17.0 Å². The fourth-order valence-corrected chi connectivity index (χ4v) is 1.73. The first-order chi connectivity index (χ1) is 7.93. The van der Waals surface area contributed by atoms with Crippen LogP contribution in [0.5, 0.6) is 0 Å². The van der Waals surface area contributed by atoms with Crippen molar-refractivity contribution in [3.8, 4) is 0 Å². The molecule has 0 atom stereocenters. The van der Waals surface area contributed by atoms with Gasteiger partial charge in [0.1, 0.15) is 5.82 Å². The van der Waals surface area contributed by atoms with Gasteiger partial charge in [0, 0.05) is 7.11 Å². The minimum absolute atomic E-state index is 0.297. The predicted molar refractivity (Wildman–Crippen MR) is 65.2 cm³/mol. The second-order valence-electron chi connectivity index (χ2n) is 4.65. The third-order valence-electron chi connectivity index (χ3n) is 2.83. The molecule has 0 spiro atoms. The zero-order valence-electron chi connectivity index (χ0n) is 10.2. The first kappa shape index (κ1) is 11.9. The molecule has 0 saturated carbocycles. The summed E-state index contributed by atoms with van der Waals surface area (Å²) in [5, 5.41) is 0. The number of imidazole rings is 1. The molecule has 2 rings (SSSR count). The monoisotopic (exact) mass is 237 g/mol. The van der Waals surface area contributed by atoms with Gasteiger partial charge in [0.05, 0.1) is 23.2 Å². The molecule has 0 bridgehead atoms. The van der Waals surface area contributed by atoms with E-state index in [4.69, 9.17) is 10.5 Å². The van der Waals surface area contributed by atoms with Crippen LogP contribution in [0, 0.1) is 5.82 Å². The summed E-state index contributed by atoms with van der Waals surface area (Å²) in [4.78, 5) is 4.19. The minimum atomic E-state index is -0.381. The Hall–Kier alpha value is -1.62. The Balaban J connectivity index is 2.52. The molecule has 0 aliphatic carbocycles. The van der Waals surface area contributed by atoms with Gasteiger partial charge in [0.15, 0.2) is 0 Å². The van der Waals surface area contributed by atoms with Crippen LogP contribution in [0.1, 0.15) is 13.8 Å². The number of aromatic nitrogens is 2. The summed E-state index contributed by atoms with van der Waals surface area (Å²) in [6.45, 7) is 4.41. The number of hydrogen-bond acceptors (Lipinski definition) is 3. The predicted octanol–water partition coefficient (Wildman–Crippen LogP) is 2.18. The Morgan fingerprint density at radius 3 is 2.82 bits per heavy atom. The molecular formula is C12H16FN3O. The largest absolute Gasteiger partial charge is 0.377 e. The van der Waals surface area contributed by atoms with E-state index in [1.54, 1.807) is 17.7 Å². The third kappa shape index (κ3) is 2.24. The SMILES string of the molecule is COC(C)(C)Cn1c(N)nc2ccc(F)cc21.